The number of nitrogens with zero attached hydrogens (tertiary/aromatic N) is 3. The largest absolute Gasteiger partial charge is 0.253 e. The van der Waals surface area contributed by atoms with Crippen molar-refractivity contribution in [3.05, 3.63) is 29.8 Å². The molecular weight excluding hydrogens is 162 g/mol. The van der Waals surface area contributed by atoms with E-state index in [-0.39, 0.29) is 0 Å². The predicted octanol–water partition coefficient (Wildman–Crippen LogP) is 1.90. The van der Waals surface area contributed by atoms with Crippen LogP contribution in [0.3, 0.4) is 0 Å². The summed E-state index contributed by atoms with van der Waals surface area (Å²) in [5.41, 5.74) is 2.80. The van der Waals surface area contributed by atoms with Crippen molar-refractivity contribution < 1.29 is 0 Å². The maximum atomic E-state index is 4.38. The highest BCUT2D eigenvalue weighted by Crippen LogP contribution is 2.11. The van der Waals surface area contributed by atoms with Crippen LogP contribution in [0.4, 0.5) is 0 Å². The zero-order chi connectivity index (χ0) is 9.26. The Balaban J connectivity index is 2.77. The lowest BCUT2D eigenvalue weighted by atomic mass is 10.3. The van der Waals surface area contributed by atoms with Crippen LogP contribution in [0.15, 0.2) is 18.3 Å². The van der Waals surface area contributed by atoms with Gasteiger partial charge in [-0.3, -0.25) is 4.98 Å². The lowest BCUT2D eigenvalue weighted by molar-refractivity contribution is 0.937. The fraction of sp³-hybridized carbons (Fsp3) is 0.300. The SMILES string of the molecule is CCc1nc(C)c2ncccc2n1. The molecule has 0 saturated carbocycles. The van der Waals surface area contributed by atoms with Crippen molar-refractivity contribution in [2.45, 2.75) is 20.3 Å². The quantitative estimate of drug-likeness (QED) is 0.661. The summed E-state index contributed by atoms with van der Waals surface area (Å²) >= 11 is 0. The monoisotopic (exact) mass is 173 g/mol. The third kappa shape index (κ3) is 1.37. The number of rotatable bonds is 1. The number of pyridine rings is 1. The van der Waals surface area contributed by atoms with E-state index in [0.717, 1.165) is 29.0 Å². The number of aryl methyl sites for hydroxylation is 2. The van der Waals surface area contributed by atoms with E-state index in [1.807, 2.05) is 19.1 Å². The zero-order valence-electron chi connectivity index (χ0n) is 7.78. The standard InChI is InChI=1S/C10H11N3/c1-3-9-12-7(2)10-8(13-9)5-4-6-11-10/h4-6H,3H2,1-2H3. The van der Waals surface area contributed by atoms with Crippen LogP contribution in [0.2, 0.25) is 0 Å². The van der Waals surface area contributed by atoms with Crippen LogP contribution in [-0.4, -0.2) is 15.0 Å². The van der Waals surface area contributed by atoms with E-state index in [1.54, 1.807) is 6.20 Å². The van der Waals surface area contributed by atoms with Crippen molar-refractivity contribution >= 4 is 11.0 Å². The van der Waals surface area contributed by atoms with Crippen LogP contribution in [0.25, 0.3) is 11.0 Å². The van der Waals surface area contributed by atoms with Crippen LogP contribution in [-0.2, 0) is 6.42 Å². The Bertz CT molecular complexity index is 437. The van der Waals surface area contributed by atoms with E-state index in [4.69, 9.17) is 0 Å². The second kappa shape index (κ2) is 3.09. The first kappa shape index (κ1) is 8.10. The fourth-order valence-corrected chi connectivity index (χ4v) is 1.33. The van der Waals surface area contributed by atoms with Crippen LogP contribution in [0.1, 0.15) is 18.4 Å². The third-order valence-electron chi connectivity index (χ3n) is 1.99. The van der Waals surface area contributed by atoms with Crippen LogP contribution in [0.5, 0.6) is 0 Å². The first-order valence-corrected chi connectivity index (χ1v) is 4.39. The van der Waals surface area contributed by atoms with E-state index >= 15 is 0 Å². The Morgan fingerprint density at radius 3 is 2.92 bits per heavy atom. The maximum absolute atomic E-state index is 4.38. The predicted molar refractivity (Wildman–Crippen MR) is 51.4 cm³/mol. The molecule has 2 aromatic rings. The van der Waals surface area contributed by atoms with Crippen molar-refractivity contribution in [1.82, 2.24) is 15.0 Å². The smallest absolute Gasteiger partial charge is 0.129 e. The molecule has 0 atom stereocenters. The van der Waals surface area contributed by atoms with Gasteiger partial charge in [-0.1, -0.05) is 6.92 Å². The molecule has 0 aromatic carbocycles. The van der Waals surface area contributed by atoms with E-state index in [9.17, 15) is 0 Å². The summed E-state index contributed by atoms with van der Waals surface area (Å²) in [7, 11) is 0. The first-order chi connectivity index (χ1) is 6.31. The summed E-state index contributed by atoms with van der Waals surface area (Å²) in [6, 6.07) is 3.87. The van der Waals surface area contributed by atoms with Crippen LogP contribution < -0.4 is 0 Å². The Kier molecular flexibility index (Phi) is 1.93. The molecule has 13 heavy (non-hydrogen) atoms. The first-order valence-electron chi connectivity index (χ1n) is 4.39. The third-order valence-corrected chi connectivity index (χ3v) is 1.99. The van der Waals surface area contributed by atoms with Gasteiger partial charge in [0, 0.05) is 12.6 Å². The molecule has 0 spiro atoms. The van der Waals surface area contributed by atoms with Crippen LogP contribution in [0, 0.1) is 6.92 Å². The molecule has 0 saturated heterocycles. The molecule has 0 aliphatic carbocycles. The summed E-state index contributed by atoms with van der Waals surface area (Å²) < 4.78 is 0. The minimum atomic E-state index is 0.867. The molecule has 0 unspecified atom stereocenters. The Morgan fingerprint density at radius 2 is 2.15 bits per heavy atom. The highest BCUT2D eigenvalue weighted by molar-refractivity contribution is 5.75. The van der Waals surface area contributed by atoms with Gasteiger partial charge in [0.05, 0.1) is 11.2 Å². The number of fused-ring (bicyclic) bond motifs is 1. The van der Waals surface area contributed by atoms with Gasteiger partial charge in [0.25, 0.3) is 0 Å². The normalized spacial score (nSPS) is 10.6. The Morgan fingerprint density at radius 1 is 1.31 bits per heavy atom. The molecule has 66 valence electrons. The van der Waals surface area contributed by atoms with Gasteiger partial charge in [-0.25, -0.2) is 9.97 Å². The summed E-state index contributed by atoms with van der Waals surface area (Å²) in [5.74, 6) is 0.887. The Hall–Kier alpha value is -1.51. The summed E-state index contributed by atoms with van der Waals surface area (Å²) in [6.45, 7) is 4.02. The molecule has 0 aliphatic rings. The topological polar surface area (TPSA) is 38.7 Å². The molecule has 0 amide bonds. The second-order valence-corrected chi connectivity index (χ2v) is 2.95. The highest BCUT2D eigenvalue weighted by Gasteiger charge is 2.02. The molecule has 0 fully saturated rings. The molecule has 0 aliphatic heterocycles. The summed E-state index contributed by atoms with van der Waals surface area (Å²) in [4.78, 5) is 13.0. The minimum Gasteiger partial charge on any atom is -0.253 e. The van der Waals surface area contributed by atoms with Gasteiger partial charge in [-0.05, 0) is 19.1 Å². The highest BCUT2D eigenvalue weighted by atomic mass is 14.9. The number of hydrogen-bond acceptors (Lipinski definition) is 3. The summed E-state index contributed by atoms with van der Waals surface area (Å²) in [6.07, 6.45) is 2.63. The van der Waals surface area contributed by atoms with Gasteiger partial charge in [0.15, 0.2) is 0 Å². The molecule has 2 aromatic heterocycles. The van der Waals surface area contributed by atoms with E-state index in [2.05, 4.69) is 21.9 Å². The van der Waals surface area contributed by atoms with Crippen molar-refractivity contribution in [3.63, 3.8) is 0 Å². The minimum absolute atomic E-state index is 0.867. The van der Waals surface area contributed by atoms with E-state index in [0.29, 0.717) is 0 Å². The fourth-order valence-electron chi connectivity index (χ4n) is 1.33. The molecule has 0 N–H and O–H groups in total. The molecule has 0 radical (unpaired) electrons. The van der Waals surface area contributed by atoms with Crippen molar-refractivity contribution in [2.75, 3.05) is 0 Å². The van der Waals surface area contributed by atoms with Gasteiger partial charge in [-0.2, -0.15) is 0 Å². The molecule has 3 nitrogen and oxygen atoms in total. The molecule has 0 bridgehead atoms. The second-order valence-electron chi connectivity index (χ2n) is 2.95. The Labute approximate surface area is 76.9 Å². The van der Waals surface area contributed by atoms with Crippen molar-refractivity contribution in [2.24, 2.45) is 0 Å². The number of aromatic nitrogens is 3. The zero-order valence-corrected chi connectivity index (χ0v) is 7.78. The van der Waals surface area contributed by atoms with E-state index < -0.39 is 0 Å². The molecular formula is C10H11N3. The lowest BCUT2D eigenvalue weighted by Gasteiger charge is -2.01. The summed E-state index contributed by atoms with van der Waals surface area (Å²) in [5, 5.41) is 0. The average molecular weight is 173 g/mol. The number of hydrogen-bond donors (Lipinski definition) is 0. The van der Waals surface area contributed by atoms with Gasteiger partial charge >= 0.3 is 0 Å². The molecule has 2 heterocycles. The molecule has 2 rings (SSSR count). The van der Waals surface area contributed by atoms with Gasteiger partial charge in [0.2, 0.25) is 0 Å². The van der Waals surface area contributed by atoms with Crippen LogP contribution >= 0.6 is 0 Å². The molecule has 3 heteroatoms. The average Bonchev–Trinajstić information content (AvgIpc) is 2.18. The maximum Gasteiger partial charge on any atom is 0.129 e. The lowest BCUT2D eigenvalue weighted by Crippen LogP contribution is -1.97. The van der Waals surface area contributed by atoms with Gasteiger partial charge < -0.3 is 0 Å². The van der Waals surface area contributed by atoms with E-state index in [1.165, 1.54) is 0 Å². The van der Waals surface area contributed by atoms with Crippen molar-refractivity contribution in [3.8, 4) is 0 Å². The van der Waals surface area contributed by atoms with Gasteiger partial charge in [-0.15, -0.1) is 0 Å². The van der Waals surface area contributed by atoms with Crippen molar-refractivity contribution in [1.29, 1.82) is 0 Å². The van der Waals surface area contributed by atoms with Gasteiger partial charge in [0.1, 0.15) is 11.3 Å².